The Bertz CT molecular complexity index is 344. The predicted molar refractivity (Wildman–Crippen MR) is 45.5 cm³/mol. The van der Waals surface area contributed by atoms with Crippen LogP contribution in [0.1, 0.15) is 0 Å². The van der Waals surface area contributed by atoms with Crippen molar-refractivity contribution in [3.05, 3.63) is 21.9 Å². The quantitative estimate of drug-likeness (QED) is 0.611. The standard InChI is InChI=1S/C5H3BrClNO2S/c6-4-1-3(11(9)10)2-8-5(4)7/h1-2,11H. The molecule has 1 aromatic rings. The molecule has 0 saturated carbocycles. The Labute approximate surface area is 78.5 Å². The summed E-state index contributed by atoms with van der Waals surface area (Å²) in [7, 11) is -2.58. The van der Waals surface area contributed by atoms with Crippen molar-refractivity contribution >= 4 is 38.2 Å². The molecule has 6 heteroatoms. The van der Waals surface area contributed by atoms with Crippen molar-refractivity contribution in [1.82, 2.24) is 4.98 Å². The molecule has 1 rings (SSSR count). The summed E-state index contributed by atoms with van der Waals surface area (Å²) < 4.78 is 21.3. The molecule has 0 fully saturated rings. The fourth-order valence-corrected chi connectivity index (χ4v) is 1.53. The van der Waals surface area contributed by atoms with Crippen LogP contribution < -0.4 is 0 Å². The zero-order chi connectivity index (χ0) is 8.43. The number of hydrogen-bond donors (Lipinski definition) is 1. The number of rotatable bonds is 1. The third-order valence-electron chi connectivity index (χ3n) is 0.993. The molecule has 0 amide bonds. The summed E-state index contributed by atoms with van der Waals surface area (Å²) in [5.74, 6) is 0. The van der Waals surface area contributed by atoms with Gasteiger partial charge in [-0.2, -0.15) is 0 Å². The molecule has 0 aliphatic rings. The fraction of sp³-hybridized carbons (Fsp3) is 0. The lowest BCUT2D eigenvalue weighted by Gasteiger charge is -1.93. The average Bonchev–Trinajstić information content (AvgIpc) is 1.94. The topological polar surface area (TPSA) is 47.0 Å². The van der Waals surface area contributed by atoms with E-state index in [-0.39, 0.29) is 10.0 Å². The van der Waals surface area contributed by atoms with Crippen molar-refractivity contribution in [3.63, 3.8) is 0 Å². The van der Waals surface area contributed by atoms with Crippen molar-refractivity contribution in [2.75, 3.05) is 0 Å². The second kappa shape index (κ2) is 3.51. The second-order valence-corrected chi connectivity index (χ2v) is 3.97. The summed E-state index contributed by atoms with van der Waals surface area (Å²) in [5, 5.41) is 0.255. The largest absolute Gasteiger partial charge is 0.242 e. The van der Waals surface area contributed by atoms with Gasteiger partial charge >= 0.3 is 0 Å². The summed E-state index contributed by atoms with van der Waals surface area (Å²) in [5.41, 5.74) is 0. The molecule has 0 saturated heterocycles. The third kappa shape index (κ3) is 2.15. The van der Waals surface area contributed by atoms with Gasteiger partial charge in [0.15, 0.2) is 10.7 Å². The van der Waals surface area contributed by atoms with E-state index in [1.54, 1.807) is 0 Å². The maximum atomic E-state index is 10.4. The Kier molecular flexibility index (Phi) is 2.86. The summed E-state index contributed by atoms with van der Waals surface area (Å²) >= 11 is 8.58. The summed E-state index contributed by atoms with van der Waals surface area (Å²) in [6, 6.07) is 1.40. The summed E-state index contributed by atoms with van der Waals surface area (Å²) in [6.45, 7) is 0. The van der Waals surface area contributed by atoms with Crippen LogP contribution in [0.5, 0.6) is 0 Å². The lowest BCUT2D eigenvalue weighted by Crippen LogP contribution is -1.83. The lowest BCUT2D eigenvalue weighted by atomic mass is 10.5. The lowest BCUT2D eigenvalue weighted by molar-refractivity contribution is 0.614. The van der Waals surface area contributed by atoms with E-state index in [1.807, 2.05) is 0 Å². The molecule has 11 heavy (non-hydrogen) atoms. The highest BCUT2D eigenvalue weighted by atomic mass is 79.9. The highest BCUT2D eigenvalue weighted by molar-refractivity contribution is 9.10. The van der Waals surface area contributed by atoms with Gasteiger partial charge in [-0.3, -0.25) is 0 Å². The van der Waals surface area contributed by atoms with Crippen molar-refractivity contribution in [2.24, 2.45) is 0 Å². The van der Waals surface area contributed by atoms with E-state index in [4.69, 9.17) is 11.6 Å². The zero-order valence-electron chi connectivity index (χ0n) is 5.12. The summed E-state index contributed by atoms with van der Waals surface area (Å²) in [6.07, 6.45) is 1.21. The molecule has 60 valence electrons. The SMILES string of the molecule is O=[SH](=O)c1cnc(Cl)c(Br)c1. The molecule has 1 aromatic heterocycles. The van der Waals surface area contributed by atoms with Gasteiger partial charge in [0.05, 0.1) is 9.37 Å². The Hall–Kier alpha value is -0.130. The fourth-order valence-electron chi connectivity index (χ4n) is 0.511. The predicted octanol–water partition coefficient (Wildman–Crippen LogP) is 1.47. The van der Waals surface area contributed by atoms with E-state index < -0.39 is 10.7 Å². The van der Waals surface area contributed by atoms with E-state index in [0.29, 0.717) is 4.47 Å². The minimum absolute atomic E-state index is 0.149. The molecule has 0 unspecified atom stereocenters. The van der Waals surface area contributed by atoms with Gasteiger partial charge in [-0.1, -0.05) is 11.6 Å². The molecule has 0 atom stereocenters. The third-order valence-corrected chi connectivity index (χ3v) is 2.79. The van der Waals surface area contributed by atoms with Gasteiger partial charge in [-0.05, 0) is 22.0 Å². The molecule has 1 heterocycles. The molecule has 0 radical (unpaired) electrons. The van der Waals surface area contributed by atoms with Crippen LogP contribution in [0.25, 0.3) is 0 Å². The van der Waals surface area contributed by atoms with Gasteiger partial charge in [0.25, 0.3) is 0 Å². The molecular formula is C5H3BrClNO2S. The van der Waals surface area contributed by atoms with E-state index >= 15 is 0 Å². The number of aromatic nitrogens is 1. The van der Waals surface area contributed by atoms with Crippen LogP contribution in [0.4, 0.5) is 0 Å². The van der Waals surface area contributed by atoms with Crippen LogP contribution in [0.2, 0.25) is 5.15 Å². The maximum absolute atomic E-state index is 10.4. The van der Waals surface area contributed by atoms with Gasteiger partial charge in [-0.25, -0.2) is 13.4 Å². The first-order valence-corrected chi connectivity index (χ1v) is 4.91. The van der Waals surface area contributed by atoms with Crippen LogP contribution in [-0.4, -0.2) is 13.4 Å². The molecule has 3 nitrogen and oxygen atoms in total. The van der Waals surface area contributed by atoms with Crippen molar-refractivity contribution < 1.29 is 8.42 Å². The molecule has 0 aliphatic carbocycles. The zero-order valence-corrected chi connectivity index (χ0v) is 8.36. The Morgan fingerprint density at radius 1 is 1.55 bits per heavy atom. The first-order valence-electron chi connectivity index (χ1n) is 2.56. The maximum Gasteiger partial charge on any atom is 0.169 e. The number of hydrogen-bond acceptors (Lipinski definition) is 3. The number of thiol groups is 1. The number of halogens is 2. The minimum atomic E-state index is -2.58. The van der Waals surface area contributed by atoms with E-state index in [2.05, 4.69) is 20.9 Å². The number of nitrogens with zero attached hydrogens (tertiary/aromatic N) is 1. The van der Waals surface area contributed by atoms with Crippen LogP contribution in [0.3, 0.4) is 0 Å². The molecule has 0 aromatic carbocycles. The molecular weight excluding hydrogens is 253 g/mol. The average molecular weight is 257 g/mol. The minimum Gasteiger partial charge on any atom is -0.242 e. The smallest absolute Gasteiger partial charge is 0.169 e. The molecule has 0 spiro atoms. The van der Waals surface area contributed by atoms with Crippen molar-refractivity contribution in [3.8, 4) is 0 Å². The van der Waals surface area contributed by atoms with E-state index in [9.17, 15) is 8.42 Å². The molecule has 0 aliphatic heterocycles. The number of pyridine rings is 1. The first kappa shape index (κ1) is 8.96. The highest BCUT2D eigenvalue weighted by Gasteiger charge is 2.00. The van der Waals surface area contributed by atoms with Crippen LogP contribution >= 0.6 is 27.5 Å². The van der Waals surface area contributed by atoms with Gasteiger partial charge in [-0.15, -0.1) is 0 Å². The Morgan fingerprint density at radius 2 is 2.18 bits per heavy atom. The van der Waals surface area contributed by atoms with Crippen LogP contribution in [-0.2, 0) is 10.7 Å². The molecule has 0 bridgehead atoms. The van der Waals surface area contributed by atoms with Crippen LogP contribution in [0, 0.1) is 0 Å². The summed E-state index contributed by atoms with van der Waals surface area (Å²) in [4.78, 5) is 3.78. The highest BCUT2D eigenvalue weighted by Crippen LogP contribution is 2.20. The molecule has 0 N–H and O–H groups in total. The second-order valence-electron chi connectivity index (χ2n) is 1.72. The van der Waals surface area contributed by atoms with Gasteiger partial charge in [0.1, 0.15) is 5.15 Å². The monoisotopic (exact) mass is 255 g/mol. The van der Waals surface area contributed by atoms with Gasteiger partial charge in [0, 0.05) is 6.20 Å². The van der Waals surface area contributed by atoms with Gasteiger partial charge < -0.3 is 0 Å². The Morgan fingerprint density at radius 3 is 2.64 bits per heavy atom. The van der Waals surface area contributed by atoms with Crippen LogP contribution in [0.15, 0.2) is 21.6 Å². The Balaban J connectivity index is 3.26. The van der Waals surface area contributed by atoms with Crippen molar-refractivity contribution in [2.45, 2.75) is 4.90 Å². The first-order chi connectivity index (χ1) is 5.11. The van der Waals surface area contributed by atoms with Gasteiger partial charge in [0.2, 0.25) is 0 Å². The normalized spacial score (nSPS) is 10.5. The van der Waals surface area contributed by atoms with E-state index in [1.165, 1.54) is 12.3 Å². The van der Waals surface area contributed by atoms with Crippen molar-refractivity contribution in [1.29, 1.82) is 0 Å². The van der Waals surface area contributed by atoms with E-state index in [0.717, 1.165) is 0 Å².